The van der Waals surface area contributed by atoms with E-state index >= 15 is 0 Å². The molecule has 0 saturated heterocycles. The van der Waals surface area contributed by atoms with Crippen LogP contribution in [0.15, 0.2) is 40.8 Å². The molecule has 0 aromatic carbocycles. The Hall–Kier alpha value is -2.08. The lowest BCUT2D eigenvalue weighted by atomic mass is 10.1. The third kappa shape index (κ3) is 7.13. The summed E-state index contributed by atoms with van der Waals surface area (Å²) in [4.78, 5) is 10.0. The summed E-state index contributed by atoms with van der Waals surface area (Å²) in [7, 11) is 1.79. The highest BCUT2D eigenvalue weighted by Gasteiger charge is 2.06. The summed E-state index contributed by atoms with van der Waals surface area (Å²) in [5.41, 5.74) is 1.09. The predicted octanol–water partition coefficient (Wildman–Crippen LogP) is 3.47. The number of rotatable bonds is 8. The van der Waals surface area contributed by atoms with Gasteiger partial charge in [0, 0.05) is 37.3 Å². The molecule has 136 valence electrons. The van der Waals surface area contributed by atoms with Crippen molar-refractivity contribution in [2.45, 2.75) is 39.8 Å². The average molecular weight is 361 g/mol. The van der Waals surface area contributed by atoms with Crippen molar-refractivity contribution < 1.29 is 4.74 Å². The summed E-state index contributed by atoms with van der Waals surface area (Å²) in [5, 5.41) is 8.84. The van der Waals surface area contributed by atoms with E-state index in [1.165, 1.54) is 4.88 Å². The summed E-state index contributed by atoms with van der Waals surface area (Å²) in [5.74, 6) is 2.01. The van der Waals surface area contributed by atoms with Crippen molar-refractivity contribution in [2.24, 2.45) is 10.9 Å². The zero-order valence-electron chi connectivity index (χ0n) is 15.5. The van der Waals surface area contributed by atoms with Crippen molar-refractivity contribution in [1.82, 2.24) is 15.6 Å². The molecule has 2 N–H and O–H groups in total. The number of nitrogens with zero attached hydrogens (tertiary/aromatic N) is 2. The molecule has 2 heterocycles. The van der Waals surface area contributed by atoms with Crippen LogP contribution in [0.1, 0.15) is 31.2 Å². The molecule has 0 amide bonds. The van der Waals surface area contributed by atoms with Gasteiger partial charge in [-0.05, 0) is 43.2 Å². The van der Waals surface area contributed by atoms with Gasteiger partial charge in [0.25, 0.3) is 0 Å². The fourth-order valence-corrected chi connectivity index (χ4v) is 3.22. The average Bonchev–Trinajstić information content (AvgIpc) is 3.09. The lowest BCUT2D eigenvalue weighted by Gasteiger charge is -2.16. The molecule has 0 fully saturated rings. The van der Waals surface area contributed by atoms with Crippen LogP contribution >= 0.6 is 11.3 Å². The second-order valence-corrected chi connectivity index (χ2v) is 7.40. The van der Waals surface area contributed by atoms with Crippen LogP contribution in [0.25, 0.3) is 0 Å². The minimum Gasteiger partial charge on any atom is -0.475 e. The van der Waals surface area contributed by atoms with Crippen molar-refractivity contribution in [3.8, 4) is 5.88 Å². The second kappa shape index (κ2) is 10.0. The van der Waals surface area contributed by atoms with E-state index in [1.807, 2.05) is 43.5 Å². The number of pyridine rings is 1. The van der Waals surface area contributed by atoms with Gasteiger partial charge in [0.2, 0.25) is 5.88 Å². The summed E-state index contributed by atoms with van der Waals surface area (Å²) in [6, 6.07) is 8.21. The molecule has 2 aromatic rings. The minimum atomic E-state index is 0.135. The zero-order valence-corrected chi connectivity index (χ0v) is 16.3. The van der Waals surface area contributed by atoms with Crippen molar-refractivity contribution in [1.29, 1.82) is 0 Å². The standard InChI is InChI=1S/C19H28N4OS/c1-14(2)24-18-8-7-16(12-21-18)13-23-19(20-4)22-11-15(3)10-17-6-5-9-25-17/h5-9,12,14-15H,10-11,13H2,1-4H3,(H2,20,22,23). The second-order valence-electron chi connectivity index (χ2n) is 6.37. The molecule has 0 aliphatic heterocycles. The molecular weight excluding hydrogens is 332 g/mol. The van der Waals surface area contributed by atoms with E-state index in [0.29, 0.717) is 18.3 Å². The number of guanidine groups is 1. The first-order valence-electron chi connectivity index (χ1n) is 8.65. The highest BCUT2D eigenvalue weighted by atomic mass is 32.1. The van der Waals surface area contributed by atoms with Gasteiger partial charge >= 0.3 is 0 Å². The van der Waals surface area contributed by atoms with Crippen molar-refractivity contribution in [3.63, 3.8) is 0 Å². The van der Waals surface area contributed by atoms with E-state index in [-0.39, 0.29) is 6.10 Å². The molecule has 0 saturated carbocycles. The number of nitrogens with one attached hydrogen (secondary N) is 2. The van der Waals surface area contributed by atoms with Crippen LogP contribution in [0, 0.1) is 5.92 Å². The van der Waals surface area contributed by atoms with Crippen LogP contribution in [-0.4, -0.2) is 30.6 Å². The summed E-state index contributed by atoms with van der Waals surface area (Å²) >= 11 is 1.81. The van der Waals surface area contributed by atoms with Gasteiger partial charge in [0.1, 0.15) is 0 Å². The predicted molar refractivity (Wildman–Crippen MR) is 105 cm³/mol. The maximum atomic E-state index is 5.56. The third-order valence-electron chi connectivity index (χ3n) is 3.59. The van der Waals surface area contributed by atoms with Crippen LogP contribution in [0.3, 0.4) is 0 Å². The van der Waals surface area contributed by atoms with Gasteiger partial charge in [0.15, 0.2) is 5.96 Å². The number of thiophene rings is 1. The molecular formula is C19H28N4OS. The molecule has 2 aromatic heterocycles. The smallest absolute Gasteiger partial charge is 0.213 e. The van der Waals surface area contributed by atoms with Gasteiger partial charge in [0.05, 0.1) is 6.10 Å². The number of aliphatic imine (C=N–C) groups is 1. The van der Waals surface area contributed by atoms with Crippen molar-refractivity contribution in [2.75, 3.05) is 13.6 Å². The van der Waals surface area contributed by atoms with E-state index in [2.05, 4.69) is 45.0 Å². The first-order valence-corrected chi connectivity index (χ1v) is 9.53. The SMILES string of the molecule is CN=C(NCc1ccc(OC(C)C)nc1)NCC(C)Cc1cccs1. The summed E-state index contributed by atoms with van der Waals surface area (Å²) < 4.78 is 5.56. The first kappa shape index (κ1) is 19.2. The lowest BCUT2D eigenvalue weighted by molar-refractivity contribution is 0.232. The Bertz CT molecular complexity index is 638. The Balaban J connectivity index is 1.74. The van der Waals surface area contributed by atoms with Crippen LogP contribution < -0.4 is 15.4 Å². The van der Waals surface area contributed by atoms with Gasteiger partial charge in [-0.15, -0.1) is 11.3 Å². The van der Waals surface area contributed by atoms with E-state index < -0.39 is 0 Å². The maximum absolute atomic E-state index is 5.56. The van der Waals surface area contributed by atoms with Gasteiger partial charge < -0.3 is 15.4 Å². The highest BCUT2D eigenvalue weighted by molar-refractivity contribution is 7.09. The van der Waals surface area contributed by atoms with Crippen LogP contribution in [0.2, 0.25) is 0 Å². The summed E-state index contributed by atoms with van der Waals surface area (Å²) in [6.45, 7) is 7.79. The van der Waals surface area contributed by atoms with Crippen molar-refractivity contribution in [3.05, 3.63) is 46.3 Å². The van der Waals surface area contributed by atoms with E-state index in [0.717, 1.165) is 24.5 Å². The topological polar surface area (TPSA) is 58.5 Å². The molecule has 6 heteroatoms. The normalized spacial score (nSPS) is 12.9. The monoisotopic (exact) mass is 360 g/mol. The van der Waals surface area contributed by atoms with E-state index in [1.54, 1.807) is 7.05 Å². The van der Waals surface area contributed by atoms with Gasteiger partial charge in [-0.25, -0.2) is 4.98 Å². The molecule has 1 atom stereocenters. The van der Waals surface area contributed by atoms with Gasteiger partial charge in [-0.3, -0.25) is 4.99 Å². The van der Waals surface area contributed by atoms with Gasteiger partial charge in [-0.1, -0.05) is 19.1 Å². The Morgan fingerprint density at radius 2 is 2.08 bits per heavy atom. The number of aromatic nitrogens is 1. The minimum absolute atomic E-state index is 0.135. The molecule has 0 radical (unpaired) electrons. The molecule has 0 bridgehead atoms. The summed E-state index contributed by atoms with van der Waals surface area (Å²) in [6.07, 6.45) is 3.05. The third-order valence-corrected chi connectivity index (χ3v) is 4.48. The fourth-order valence-electron chi connectivity index (χ4n) is 2.35. The largest absolute Gasteiger partial charge is 0.475 e. The molecule has 0 spiro atoms. The Kier molecular flexibility index (Phi) is 7.73. The maximum Gasteiger partial charge on any atom is 0.213 e. The fraction of sp³-hybridized carbons (Fsp3) is 0.474. The van der Waals surface area contributed by atoms with Gasteiger partial charge in [-0.2, -0.15) is 0 Å². The number of hydrogen-bond acceptors (Lipinski definition) is 4. The Morgan fingerprint density at radius 1 is 1.24 bits per heavy atom. The van der Waals surface area contributed by atoms with Crippen LogP contribution in [-0.2, 0) is 13.0 Å². The molecule has 25 heavy (non-hydrogen) atoms. The molecule has 0 aliphatic carbocycles. The molecule has 1 unspecified atom stereocenters. The highest BCUT2D eigenvalue weighted by Crippen LogP contribution is 2.13. The lowest BCUT2D eigenvalue weighted by Crippen LogP contribution is -2.39. The van der Waals surface area contributed by atoms with E-state index in [4.69, 9.17) is 4.74 Å². The molecule has 0 aliphatic rings. The molecule has 5 nitrogen and oxygen atoms in total. The first-order chi connectivity index (χ1) is 12.1. The quantitative estimate of drug-likeness (QED) is 0.559. The van der Waals surface area contributed by atoms with E-state index in [9.17, 15) is 0 Å². The van der Waals surface area contributed by atoms with Crippen molar-refractivity contribution >= 4 is 17.3 Å². The zero-order chi connectivity index (χ0) is 18.1. The Morgan fingerprint density at radius 3 is 2.68 bits per heavy atom. The van der Waals surface area contributed by atoms with Crippen LogP contribution in [0.4, 0.5) is 0 Å². The number of ether oxygens (including phenoxy) is 1. The van der Waals surface area contributed by atoms with Crippen LogP contribution in [0.5, 0.6) is 5.88 Å². The number of hydrogen-bond donors (Lipinski definition) is 2. The molecule has 2 rings (SSSR count). The Labute approximate surface area is 154 Å².